The molecule has 2 aromatic carbocycles. The Labute approximate surface area is 117 Å². The van der Waals surface area contributed by atoms with Gasteiger partial charge in [-0.05, 0) is 30.7 Å². The summed E-state index contributed by atoms with van der Waals surface area (Å²) < 4.78 is 5.46. The third kappa shape index (κ3) is 3.26. The first-order valence-corrected chi connectivity index (χ1v) is 6.26. The number of amides is 1. The first kappa shape index (κ1) is 13.4. The molecule has 2 aromatic rings. The molecule has 0 radical (unpaired) electrons. The number of halogens is 1. The number of carbonyl (C=O) groups excluding carboxylic acids is 1. The molecule has 0 aliphatic heterocycles. The van der Waals surface area contributed by atoms with Crippen molar-refractivity contribution in [2.45, 2.75) is 13.0 Å². The first-order chi connectivity index (χ1) is 9.08. The lowest BCUT2D eigenvalue weighted by atomic mass is 10.1. The molecule has 2 N–H and O–H groups in total. The summed E-state index contributed by atoms with van der Waals surface area (Å²) in [4.78, 5) is 11.0. The Bertz CT molecular complexity index is 598. The van der Waals surface area contributed by atoms with Gasteiger partial charge in [0.2, 0.25) is 0 Å². The summed E-state index contributed by atoms with van der Waals surface area (Å²) in [5.41, 5.74) is 7.02. The van der Waals surface area contributed by atoms with E-state index in [2.05, 4.69) is 0 Å². The second kappa shape index (κ2) is 5.76. The van der Waals surface area contributed by atoms with Crippen LogP contribution in [0.25, 0.3) is 11.1 Å². The van der Waals surface area contributed by atoms with Crippen LogP contribution < -0.4 is 10.5 Å². The van der Waals surface area contributed by atoms with Gasteiger partial charge in [-0.15, -0.1) is 0 Å². The molecule has 0 saturated heterocycles. The summed E-state index contributed by atoms with van der Waals surface area (Å²) in [5, 5.41) is 0.669. The van der Waals surface area contributed by atoms with Gasteiger partial charge in [-0.2, -0.15) is 0 Å². The minimum atomic E-state index is -0.665. The van der Waals surface area contributed by atoms with Gasteiger partial charge in [0, 0.05) is 10.6 Å². The molecule has 4 heteroatoms. The average molecular weight is 276 g/mol. The van der Waals surface area contributed by atoms with Gasteiger partial charge in [0.15, 0.2) is 6.10 Å². The molecule has 0 aliphatic carbocycles. The zero-order valence-corrected chi connectivity index (χ0v) is 11.2. The second-order valence-electron chi connectivity index (χ2n) is 4.17. The van der Waals surface area contributed by atoms with Gasteiger partial charge in [-0.3, -0.25) is 4.79 Å². The van der Waals surface area contributed by atoms with E-state index >= 15 is 0 Å². The van der Waals surface area contributed by atoms with Gasteiger partial charge in [-0.25, -0.2) is 0 Å². The molecule has 0 spiro atoms. The van der Waals surface area contributed by atoms with E-state index in [9.17, 15) is 4.79 Å². The van der Waals surface area contributed by atoms with Crippen LogP contribution in [0.3, 0.4) is 0 Å². The van der Waals surface area contributed by atoms with Crippen LogP contribution >= 0.6 is 11.6 Å². The number of carbonyl (C=O) groups is 1. The van der Waals surface area contributed by atoms with Crippen LogP contribution in [0, 0.1) is 0 Å². The summed E-state index contributed by atoms with van der Waals surface area (Å²) in [6, 6.07) is 14.9. The highest BCUT2D eigenvalue weighted by molar-refractivity contribution is 6.33. The lowest BCUT2D eigenvalue weighted by Crippen LogP contribution is -2.30. The van der Waals surface area contributed by atoms with Crippen LogP contribution in [0.2, 0.25) is 5.02 Å². The Morgan fingerprint density at radius 2 is 1.95 bits per heavy atom. The summed E-state index contributed by atoms with van der Waals surface area (Å²) in [6.45, 7) is 1.62. The fourth-order valence-electron chi connectivity index (χ4n) is 1.69. The number of rotatable bonds is 4. The van der Waals surface area contributed by atoms with Crippen molar-refractivity contribution in [3.63, 3.8) is 0 Å². The number of hydrogen-bond donors (Lipinski definition) is 1. The highest BCUT2D eigenvalue weighted by atomic mass is 35.5. The van der Waals surface area contributed by atoms with E-state index < -0.39 is 12.0 Å². The Morgan fingerprint density at radius 3 is 2.63 bits per heavy atom. The monoisotopic (exact) mass is 275 g/mol. The Hall–Kier alpha value is -2.00. The van der Waals surface area contributed by atoms with Crippen molar-refractivity contribution in [1.29, 1.82) is 0 Å². The number of ether oxygens (including phenoxy) is 1. The van der Waals surface area contributed by atoms with Crippen molar-refractivity contribution in [2.24, 2.45) is 5.73 Å². The molecule has 3 nitrogen and oxygen atoms in total. The van der Waals surface area contributed by atoms with Crippen LogP contribution in [-0.2, 0) is 4.79 Å². The molecule has 0 saturated carbocycles. The van der Waals surface area contributed by atoms with E-state index in [4.69, 9.17) is 22.1 Å². The molecule has 1 atom stereocenters. The van der Waals surface area contributed by atoms with Crippen LogP contribution in [0.5, 0.6) is 5.75 Å². The average Bonchev–Trinajstić information content (AvgIpc) is 2.39. The van der Waals surface area contributed by atoms with Crippen molar-refractivity contribution < 1.29 is 9.53 Å². The van der Waals surface area contributed by atoms with Gasteiger partial charge in [0.25, 0.3) is 5.91 Å². The molecule has 1 amide bonds. The maximum Gasteiger partial charge on any atom is 0.258 e. The van der Waals surface area contributed by atoms with E-state index in [0.717, 1.165) is 11.1 Å². The van der Waals surface area contributed by atoms with E-state index in [1.165, 1.54) is 0 Å². The van der Waals surface area contributed by atoms with Crippen molar-refractivity contribution in [3.8, 4) is 16.9 Å². The predicted octanol–water partition coefficient (Wildman–Crippen LogP) is 3.26. The van der Waals surface area contributed by atoms with Crippen LogP contribution in [0.1, 0.15) is 6.92 Å². The molecule has 0 fully saturated rings. The highest BCUT2D eigenvalue weighted by Crippen LogP contribution is 2.30. The van der Waals surface area contributed by atoms with Crippen molar-refractivity contribution in [3.05, 3.63) is 53.6 Å². The molecule has 0 aliphatic rings. The SMILES string of the molecule is C[C@H](Oc1cccc(-c2ccccc2Cl)c1)C(N)=O. The van der Waals surface area contributed by atoms with Crippen molar-refractivity contribution >= 4 is 17.5 Å². The van der Waals surface area contributed by atoms with E-state index in [-0.39, 0.29) is 0 Å². The van der Waals surface area contributed by atoms with Crippen molar-refractivity contribution in [1.82, 2.24) is 0 Å². The summed E-state index contributed by atoms with van der Waals surface area (Å²) >= 11 is 6.15. The number of primary amides is 1. The standard InChI is InChI=1S/C15H14ClNO2/c1-10(15(17)18)19-12-6-4-5-11(9-12)13-7-2-3-8-14(13)16/h2-10H,1H3,(H2,17,18)/t10-/m0/s1. The first-order valence-electron chi connectivity index (χ1n) is 5.89. The van der Waals surface area contributed by atoms with Crippen LogP contribution in [0.4, 0.5) is 0 Å². The molecule has 98 valence electrons. The minimum absolute atomic E-state index is 0.497. The largest absolute Gasteiger partial charge is 0.481 e. The molecule has 0 bridgehead atoms. The fourth-order valence-corrected chi connectivity index (χ4v) is 1.94. The molecule has 0 aromatic heterocycles. The molecule has 0 heterocycles. The van der Waals surface area contributed by atoms with Gasteiger partial charge in [-0.1, -0.05) is 41.9 Å². The van der Waals surface area contributed by atoms with E-state index in [1.54, 1.807) is 13.0 Å². The zero-order valence-electron chi connectivity index (χ0n) is 10.5. The maximum absolute atomic E-state index is 11.0. The van der Waals surface area contributed by atoms with Gasteiger partial charge in [0.05, 0.1) is 0 Å². The fraction of sp³-hybridized carbons (Fsp3) is 0.133. The summed E-state index contributed by atoms with van der Waals surface area (Å²) in [7, 11) is 0. The highest BCUT2D eigenvalue weighted by Gasteiger charge is 2.11. The quantitative estimate of drug-likeness (QED) is 0.931. The number of nitrogens with two attached hydrogens (primary N) is 1. The molecule has 2 rings (SSSR count). The third-order valence-electron chi connectivity index (χ3n) is 2.73. The van der Waals surface area contributed by atoms with E-state index in [1.807, 2.05) is 42.5 Å². The normalized spacial score (nSPS) is 11.9. The van der Waals surface area contributed by atoms with Gasteiger partial charge < -0.3 is 10.5 Å². The minimum Gasteiger partial charge on any atom is -0.481 e. The predicted molar refractivity (Wildman–Crippen MR) is 76.2 cm³/mol. The Morgan fingerprint density at radius 1 is 1.21 bits per heavy atom. The Kier molecular flexibility index (Phi) is 4.07. The molecule has 0 unspecified atom stereocenters. The second-order valence-corrected chi connectivity index (χ2v) is 4.58. The zero-order chi connectivity index (χ0) is 13.8. The number of benzene rings is 2. The van der Waals surface area contributed by atoms with Crippen LogP contribution in [-0.4, -0.2) is 12.0 Å². The summed E-state index contributed by atoms with van der Waals surface area (Å²) in [6.07, 6.45) is -0.665. The van der Waals surface area contributed by atoms with Crippen LogP contribution in [0.15, 0.2) is 48.5 Å². The molecule has 19 heavy (non-hydrogen) atoms. The lowest BCUT2D eigenvalue weighted by molar-refractivity contribution is -0.123. The summed E-state index contributed by atoms with van der Waals surface area (Å²) in [5.74, 6) is 0.0897. The van der Waals surface area contributed by atoms with Gasteiger partial charge in [0.1, 0.15) is 5.75 Å². The van der Waals surface area contributed by atoms with Crippen molar-refractivity contribution in [2.75, 3.05) is 0 Å². The topological polar surface area (TPSA) is 52.3 Å². The Balaban J connectivity index is 2.30. The lowest BCUT2D eigenvalue weighted by Gasteiger charge is -2.12. The molecular formula is C15H14ClNO2. The van der Waals surface area contributed by atoms with Gasteiger partial charge >= 0.3 is 0 Å². The molecular weight excluding hydrogens is 262 g/mol. The number of hydrogen-bond acceptors (Lipinski definition) is 2. The van der Waals surface area contributed by atoms with E-state index in [0.29, 0.717) is 10.8 Å². The smallest absolute Gasteiger partial charge is 0.258 e. The third-order valence-corrected chi connectivity index (χ3v) is 3.06. The maximum atomic E-state index is 11.0.